The van der Waals surface area contributed by atoms with E-state index in [1.165, 1.54) is 0 Å². The lowest BCUT2D eigenvalue weighted by molar-refractivity contribution is -0.0284. The van der Waals surface area contributed by atoms with Crippen molar-refractivity contribution in [2.24, 2.45) is 10.9 Å². The van der Waals surface area contributed by atoms with Crippen LogP contribution >= 0.6 is 35.7 Å². The van der Waals surface area contributed by atoms with Crippen molar-refractivity contribution in [2.45, 2.75) is 37.5 Å². The quantitative estimate of drug-likeness (QED) is 0.317. The number of guanidine groups is 1. The molecule has 2 rings (SSSR count). The summed E-state index contributed by atoms with van der Waals surface area (Å²) in [5, 5.41) is 6.95. The van der Waals surface area contributed by atoms with E-state index in [4.69, 9.17) is 9.47 Å². The fourth-order valence-electron chi connectivity index (χ4n) is 3.46. The molecule has 0 spiro atoms. The van der Waals surface area contributed by atoms with Crippen molar-refractivity contribution in [1.29, 1.82) is 0 Å². The average molecular weight is 500 g/mol. The molecule has 1 atom stereocenters. The van der Waals surface area contributed by atoms with Crippen molar-refractivity contribution in [3.63, 3.8) is 0 Å². The zero-order valence-electron chi connectivity index (χ0n) is 16.8. The first kappa shape index (κ1) is 24.3. The topological polar surface area (TPSA) is 58.1 Å². The second-order valence-corrected chi connectivity index (χ2v) is 8.73. The maximum absolute atomic E-state index is 5.91. The van der Waals surface area contributed by atoms with Crippen LogP contribution in [0.1, 0.15) is 26.7 Å². The summed E-state index contributed by atoms with van der Waals surface area (Å²) in [6.45, 7) is 12.0. The van der Waals surface area contributed by atoms with E-state index in [0.29, 0.717) is 5.92 Å². The second-order valence-electron chi connectivity index (χ2n) is 7.45. The van der Waals surface area contributed by atoms with Gasteiger partial charge in [-0.25, -0.2) is 0 Å². The van der Waals surface area contributed by atoms with Gasteiger partial charge in [0.05, 0.1) is 12.7 Å². The van der Waals surface area contributed by atoms with Crippen LogP contribution in [-0.2, 0) is 9.47 Å². The molecule has 2 heterocycles. The standard InChI is InChI=1S/C18H36N4O2S.HI/c1-15(2)12-22-7-10-24-16(13-22)11-20-17(19-3)21-14-18(25-4)5-8-23-9-6-18;/h15-16H,5-14H2,1-4H3,(H2,19,20,21);1H. The van der Waals surface area contributed by atoms with Crippen LogP contribution in [0.3, 0.4) is 0 Å². The molecule has 26 heavy (non-hydrogen) atoms. The van der Waals surface area contributed by atoms with E-state index in [9.17, 15) is 0 Å². The average Bonchev–Trinajstić information content (AvgIpc) is 2.62. The van der Waals surface area contributed by atoms with E-state index in [0.717, 1.165) is 71.3 Å². The largest absolute Gasteiger partial charge is 0.381 e. The van der Waals surface area contributed by atoms with E-state index >= 15 is 0 Å². The summed E-state index contributed by atoms with van der Waals surface area (Å²) < 4.78 is 11.7. The van der Waals surface area contributed by atoms with Crippen molar-refractivity contribution in [2.75, 3.05) is 65.8 Å². The number of morpholine rings is 1. The fraction of sp³-hybridized carbons (Fsp3) is 0.944. The van der Waals surface area contributed by atoms with Gasteiger partial charge in [-0.2, -0.15) is 11.8 Å². The molecule has 0 aromatic carbocycles. The molecule has 0 radical (unpaired) electrons. The lowest BCUT2D eigenvalue weighted by atomic mass is 9.99. The number of aliphatic imine (C=N–C) groups is 1. The van der Waals surface area contributed by atoms with E-state index in [2.05, 4.69) is 40.6 Å². The highest BCUT2D eigenvalue weighted by Gasteiger charge is 2.32. The summed E-state index contributed by atoms with van der Waals surface area (Å²) in [6, 6.07) is 0. The third kappa shape index (κ3) is 8.08. The van der Waals surface area contributed by atoms with Crippen LogP contribution in [0.25, 0.3) is 0 Å². The molecular weight excluding hydrogens is 463 g/mol. The molecule has 2 aliphatic rings. The lowest BCUT2D eigenvalue weighted by Crippen LogP contribution is -2.52. The normalized spacial score (nSPS) is 24.2. The van der Waals surface area contributed by atoms with Crippen LogP contribution in [0.15, 0.2) is 4.99 Å². The first-order valence-corrected chi connectivity index (χ1v) is 10.7. The summed E-state index contributed by atoms with van der Waals surface area (Å²) in [5.41, 5.74) is 0. The Morgan fingerprint density at radius 1 is 1.27 bits per heavy atom. The van der Waals surface area contributed by atoms with Gasteiger partial charge in [0.1, 0.15) is 0 Å². The molecular formula is C18H37IN4O2S. The van der Waals surface area contributed by atoms with Gasteiger partial charge in [-0.1, -0.05) is 13.8 Å². The molecule has 2 saturated heterocycles. The van der Waals surface area contributed by atoms with E-state index in [1.807, 2.05) is 18.8 Å². The summed E-state index contributed by atoms with van der Waals surface area (Å²) >= 11 is 1.94. The molecule has 0 bridgehead atoms. The molecule has 2 fully saturated rings. The number of rotatable bonds is 7. The number of nitrogens with one attached hydrogen (secondary N) is 2. The SMILES string of the molecule is CN=C(NCC1CN(CC(C)C)CCO1)NCC1(SC)CCOCC1.I. The predicted octanol–water partition coefficient (Wildman–Crippen LogP) is 2.04. The Morgan fingerprint density at radius 2 is 2.00 bits per heavy atom. The number of nitrogens with zero attached hydrogens (tertiary/aromatic N) is 2. The number of thioether (sulfide) groups is 1. The Morgan fingerprint density at radius 3 is 2.62 bits per heavy atom. The molecule has 2 aliphatic heterocycles. The molecule has 0 aromatic rings. The first-order valence-electron chi connectivity index (χ1n) is 9.48. The molecule has 0 aromatic heterocycles. The third-order valence-corrected chi connectivity index (χ3v) is 6.40. The number of halogens is 1. The summed E-state index contributed by atoms with van der Waals surface area (Å²) in [5.74, 6) is 1.56. The molecule has 1 unspecified atom stereocenters. The van der Waals surface area contributed by atoms with Gasteiger partial charge in [0, 0.05) is 57.7 Å². The first-order chi connectivity index (χ1) is 12.1. The summed E-state index contributed by atoms with van der Waals surface area (Å²) in [7, 11) is 1.83. The van der Waals surface area contributed by atoms with Gasteiger partial charge in [0.2, 0.25) is 0 Å². The third-order valence-electron chi connectivity index (χ3n) is 4.98. The molecule has 0 saturated carbocycles. The van der Waals surface area contributed by atoms with Gasteiger partial charge >= 0.3 is 0 Å². The Balaban J connectivity index is 0.00000338. The van der Waals surface area contributed by atoms with Crippen molar-refractivity contribution >= 4 is 41.7 Å². The van der Waals surface area contributed by atoms with Crippen LogP contribution < -0.4 is 10.6 Å². The van der Waals surface area contributed by atoms with Crippen LogP contribution in [-0.4, -0.2) is 87.6 Å². The highest BCUT2D eigenvalue weighted by molar-refractivity contribution is 14.0. The Labute approximate surface area is 180 Å². The monoisotopic (exact) mass is 500 g/mol. The Bertz CT molecular complexity index is 420. The zero-order chi connectivity index (χ0) is 18.1. The summed E-state index contributed by atoms with van der Waals surface area (Å²) in [6.07, 6.45) is 4.61. The molecule has 8 heteroatoms. The van der Waals surface area contributed by atoms with Gasteiger partial charge in [-0.3, -0.25) is 9.89 Å². The van der Waals surface area contributed by atoms with Crippen molar-refractivity contribution in [3.05, 3.63) is 0 Å². The van der Waals surface area contributed by atoms with Gasteiger partial charge in [0.25, 0.3) is 0 Å². The second kappa shape index (κ2) is 12.6. The van der Waals surface area contributed by atoms with E-state index < -0.39 is 0 Å². The van der Waals surface area contributed by atoms with E-state index in [-0.39, 0.29) is 34.8 Å². The Kier molecular flexibility index (Phi) is 11.8. The van der Waals surface area contributed by atoms with Crippen molar-refractivity contribution < 1.29 is 9.47 Å². The molecule has 154 valence electrons. The molecule has 0 aliphatic carbocycles. The predicted molar refractivity (Wildman–Crippen MR) is 122 cm³/mol. The van der Waals surface area contributed by atoms with Gasteiger partial charge in [0.15, 0.2) is 5.96 Å². The minimum absolute atomic E-state index is 0. The van der Waals surface area contributed by atoms with Gasteiger partial charge < -0.3 is 20.1 Å². The smallest absolute Gasteiger partial charge is 0.191 e. The van der Waals surface area contributed by atoms with Crippen molar-refractivity contribution in [1.82, 2.24) is 15.5 Å². The minimum atomic E-state index is 0. The summed E-state index contributed by atoms with van der Waals surface area (Å²) in [4.78, 5) is 6.88. The Hall–Kier alpha value is 0.230. The van der Waals surface area contributed by atoms with E-state index in [1.54, 1.807) is 0 Å². The lowest BCUT2D eigenvalue weighted by Gasteiger charge is -2.36. The van der Waals surface area contributed by atoms with Gasteiger partial charge in [-0.05, 0) is 25.0 Å². The van der Waals surface area contributed by atoms with Crippen LogP contribution in [0.4, 0.5) is 0 Å². The fourth-order valence-corrected chi connectivity index (χ4v) is 4.25. The molecule has 0 amide bonds. The zero-order valence-corrected chi connectivity index (χ0v) is 19.9. The number of hydrogen-bond acceptors (Lipinski definition) is 5. The van der Waals surface area contributed by atoms with Crippen LogP contribution in [0.5, 0.6) is 0 Å². The van der Waals surface area contributed by atoms with Crippen molar-refractivity contribution in [3.8, 4) is 0 Å². The maximum atomic E-state index is 5.91. The number of ether oxygens (including phenoxy) is 2. The highest BCUT2D eigenvalue weighted by atomic mass is 127. The van der Waals surface area contributed by atoms with Crippen LogP contribution in [0, 0.1) is 5.92 Å². The maximum Gasteiger partial charge on any atom is 0.191 e. The molecule has 6 nitrogen and oxygen atoms in total. The van der Waals surface area contributed by atoms with Crippen LogP contribution in [0.2, 0.25) is 0 Å². The van der Waals surface area contributed by atoms with Gasteiger partial charge in [-0.15, -0.1) is 24.0 Å². The highest BCUT2D eigenvalue weighted by Crippen LogP contribution is 2.32. The molecule has 2 N–H and O–H groups in total. The minimum Gasteiger partial charge on any atom is -0.381 e. The number of hydrogen-bond donors (Lipinski definition) is 2.